The topological polar surface area (TPSA) is 0 Å². The summed E-state index contributed by atoms with van der Waals surface area (Å²) in [5, 5.41) is 0.429. The molecule has 6 heteroatoms. The van der Waals surface area contributed by atoms with E-state index in [0.29, 0.717) is 21.6 Å². The number of rotatable bonds is 2. The summed E-state index contributed by atoms with van der Waals surface area (Å²) >= 11 is 0.625. The predicted molar refractivity (Wildman–Crippen MR) is 48.0 cm³/mol. The lowest BCUT2D eigenvalue weighted by Gasteiger charge is -2.13. The Morgan fingerprint density at radius 2 is 1.20 bits per heavy atom. The number of benzene rings is 1. The second-order valence-corrected chi connectivity index (χ2v) is 4.11. The van der Waals surface area contributed by atoms with Gasteiger partial charge in [0.2, 0.25) is 22.1 Å². The Kier molecular flexibility index (Phi) is 3.74. The van der Waals surface area contributed by atoms with E-state index in [1.807, 2.05) is 0 Å². The van der Waals surface area contributed by atoms with Gasteiger partial charge in [0.15, 0.2) is 23.3 Å². The number of hydrogen-bond donors (Lipinski definition) is 0. The molecule has 0 aliphatic rings. The standard InChI is InChI=1S/C9H6F5.Al.2H/c1-3(2)4-5(10)7(12)9(14)8(13)6(4)11;;;/h3H,1H2,2H3;;;. The minimum Gasteiger partial charge on any atom is -0.203 e. The smallest absolute Gasteiger partial charge is 0.203 e. The fraction of sp³-hybridized carbons (Fsp3) is 0.333. The maximum absolute atomic E-state index is 13.1. The van der Waals surface area contributed by atoms with Gasteiger partial charge in [0.25, 0.3) is 0 Å². The molecule has 1 unspecified atom stereocenters. The maximum Gasteiger partial charge on any atom is 0.212 e. The molecule has 1 aromatic rings. The first kappa shape index (κ1) is 12.5. The average molecular weight is 238 g/mol. The molecule has 0 spiro atoms. The molecule has 0 saturated carbocycles. The number of hydrogen-bond acceptors (Lipinski definition) is 0. The van der Waals surface area contributed by atoms with E-state index in [1.165, 1.54) is 6.92 Å². The molecule has 1 rings (SSSR count). The zero-order valence-electron chi connectivity index (χ0n) is 8.17. The van der Waals surface area contributed by atoms with Gasteiger partial charge in [-0.1, -0.05) is 12.2 Å². The number of halogens is 5. The van der Waals surface area contributed by atoms with Crippen molar-refractivity contribution in [1.82, 2.24) is 0 Å². The minimum absolute atomic E-state index is 0.429. The molecule has 0 saturated heterocycles. The van der Waals surface area contributed by atoms with E-state index >= 15 is 0 Å². The molecule has 0 aliphatic carbocycles. The SMILES string of the molecule is CC([CH2][AlH2])c1c(F)c(F)c(F)c(F)c1F. The monoisotopic (exact) mass is 238 g/mol. The molecule has 0 nitrogen and oxygen atoms in total. The Morgan fingerprint density at radius 3 is 1.53 bits per heavy atom. The summed E-state index contributed by atoms with van der Waals surface area (Å²) in [5.41, 5.74) is -0.707. The average Bonchev–Trinajstić information content (AvgIpc) is 2.23. The van der Waals surface area contributed by atoms with Crippen molar-refractivity contribution in [2.24, 2.45) is 0 Å². The third kappa shape index (κ3) is 2.02. The third-order valence-corrected chi connectivity index (χ3v) is 3.57. The van der Waals surface area contributed by atoms with Crippen molar-refractivity contribution >= 4 is 16.3 Å². The molecule has 0 N–H and O–H groups in total. The van der Waals surface area contributed by atoms with Crippen LogP contribution in [-0.2, 0) is 0 Å². The summed E-state index contributed by atoms with van der Waals surface area (Å²) in [6, 6.07) is 0. The molecule has 0 heterocycles. The third-order valence-electron chi connectivity index (χ3n) is 2.35. The summed E-state index contributed by atoms with van der Waals surface area (Å²) in [4.78, 5) is 0. The first-order valence-corrected chi connectivity index (χ1v) is 5.84. The van der Waals surface area contributed by atoms with Gasteiger partial charge in [0.1, 0.15) is 0 Å². The fourth-order valence-corrected chi connectivity index (χ4v) is 1.67. The van der Waals surface area contributed by atoms with Crippen LogP contribution in [0.15, 0.2) is 0 Å². The van der Waals surface area contributed by atoms with Crippen molar-refractivity contribution in [3.63, 3.8) is 0 Å². The van der Waals surface area contributed by atoms with Crippen LogP contribution >= 0.6 is 0 Å². The van der Waals surface area contributed by atoms with Crippen molar-refractivity contribution in [2.45, 2.75) is 18.1 Å². The van der Waals surface area contributed by atoms with E-state index in [2.05, 4.69) is 0 Å². The first-order chi connectivity index (χ1) is 6.91. The highest BCUT2D eigenvalue weighted by Gasteiger charge is 2.27. The van der Waals surface area contributed by atoms with Gasteiger partial charge >= 0.3 is 0 Å². The van der Waals surface area contributed by atoms with Crippen LogP contribution in [-0.4, -0.2) is 16.3 Å². The van der Waals surface area contributed by atoms with Gasteiger partial charge in [-0.05, 0) is 5.92 Å². The lowest BCUT2D eigenvalue weighted by molar-refractivity contribution is 0.366. The van der Waals surface area contributed by atoms with E-state index in [1.54, 1.807) is 0 Å². The molecular formula is C9H8AlF5. The van der Waals surface area contributed by atoms with Crippen LogP contribution in [0.2, 0.25) is 5.28 Å². The molecule has 0 bridgehead atoms. The summed E-state index contributed by atoms with van der Waals surface area (Å²) in [6.45, 7) is 1.44. The summed E-state index contributed by atoms with van der Waals surface area (Å²) < 4.78 is 64.4. The maximum atomic E-state index is 13.1. The van der Waals surface area contributed by atoms with Crippen LogP contribution in [0.25, 0.3) is 0 Å². The minimum atomic E-state index is -2.10. The van der Waals surface area contributed by atoms with Crippen molar-refractivity contribution < 1.29 is 22.0 Å². The summed E-state index contributed by atoms with van der Waals surface area (Å²) in [6.07, 6.45) is 0. The Hall–Kier alpha value is -0.598. The molecule has 0 aliphatic heterocycles. The van der Waals surface area contributed by atoms with Crippen LogP contribution in [0, 0.1) is 29.1 Å². The quantitative estimate of drug-likeness (QED) is 0.321. The van der Waals surface area contributed by atoms with Crippen molar-refractivity contribution in [1.29, 1.82) is 0 Å². The zero-order chi connectivity index (χ0) is 11.7. The van der Waals surface area contributed by atoms with Gasteiger partial charge in [0.05, 0.1) is 0 Å². The van der Waals surface area contributed by atoms with E-state index in [4.69, 9.17) is 0 Å². The second kappa shape index (κ2) is 4.50. The van der Waals surface area contributed by atoms with Crippen LogP contribution < -0.4 is 0 Å². The zero-order valence-corrected chi connectivity index (χ0v) is 10.2. The van der Waals surface area contributed by atoms with Gasteiger partial charge < -0.3 is 0 Å². The van der Waals surface area contributed by atoms with E-state index in [0.717, 1.165) is 0 Å². The van der Waals surface area contributed by atoms with Crippen LogP contribution in [0.1, 0.15) is 18.4 Å². The molecule has 0 amide bonds. The molecule has 0 fully saturated rings. The summed E-state index contributed by atoms with van der Waals surface area (Å²) in [5.74, 6) is -9.92. The van der Waals surface area contributed by atoms with Crippen LogP contribution in [0.4, 0.5) is 22.0 Å². The van der Waals surface area contributed by atoms with Gasteiger partial charge in [-0.3, -0.25) is 0 Å². The Bertz CT molecular complexity index is 362. The lowest BCUT2D eigenvalue weighted by Crippen LogP contribution is -2.09. The van der Waals surface area contributed by atoms with E-state index in [9.17, 15) is 22.0 Å². The van der Waals surface area contributed by atoms with E-state index < -0.39 is 40.6 Å². The molecular weight excluding hydrogens is 230 g/mol. The van der Waals surface area contributed by atoms with Crippen LogP contribution in [0.3, 0.4) is 0 Å². The Morgan fingerprint density at radius 1 is 0.867 bits per heavy atom. The Balaban J connectivity index is 3.52. The first-order valence-electron chi connectivity index (χ1n) is 4.43. The van der Waals surface area contributed by atoms with Crippen LogP contribution in [0.5, 0.6) is 0 Å². The molecule has 0 aromatic heterocycles. The predicted octanol–water partition coefficient (Wildman–Crippen LogP) is 2.54. The molecule has 15 heavy (non-hydrogen) atoms. The largest absolute Gasteiger partial charge is 0.212 e. The molecule has 0 radical (unpaired) electrons. The molecule has 1 atom stereocenters. The highest BCUT2D eigenvalue weighted by Crippen LogP contribution is 2.29. The second-order valence-electron chi connectivity index (χ2n) is 3.29. The van der Waals surface area contributed by atoms with Crippen molar-refractivity contribution in [3.8, 4) is 0 Å². The fourth-order valence-electron chi connectivity index (χ4n) is 1.26. The molecule has 82 valence electrons. The summed E-state index contributed by atoms with van der Waals surface area (Å²) in [7, 11) is 0. The Labute approximate surface area is 91.5 Å². The van der Waals surface area contributed by atoms with E-state index in [-0.39, 0.29) is 0 Å². The highest BCUT2D eigenvalue weighted by atomic mass is 27.0. The van der Waals surface area contributed by atoms with Crippen molar-refractivity contribution in [2.75, 3.05) is 0 Å². The van der Waals surface area contributed by atoms with Gasteiger partial charge in [-0.25, -0.2) is 22.0 Å². The van der Waals surface area contributed by atoms with Gasteiger partial charge in [-0.15, -0.1) is 0 Å². The molecule has 1 aromatic carbocycles. The normalized spacial score (nSPS) is 12.9. The van der Waals surface area contributed by atoms with Gasteiger partial charge in [-0.2, -0.15) is 0 Å². The highest BCUT2D eigenvalue weighted by molar-refractivity contribution is 6.09. The van der Waals surface area contributed by atoms with Gasteiger partial charge in [0, 0.05) is 5.56 Å². The lowest BCUT2D eigenvalue weighted by atomic mass is 10.0. The van der Waals surface area contributed by atoms with Crippen molar-refractivity contribution in [3.05, 3.63) is 34.6 Å².